The summed E-state index contributed by atoms with van der Waals surface area (Å²) in [6, 6.07) is 4.20. The molecule has 1 aromatic heterocycles. The third-order valence-corrected chi connectivity index (χ3v) is 3.62. The largest absolute Gasteiger partial charge is 0.442 e. The minimum Gasteiger partial charge on any atom is -0.442 e. The number of halogens is 1. The highest BCUT2D eigenvalue weighted by molar-refractivity contribution is 5.90. The highest BCUT2D eigenvalue weighted by Crippen LogP contribution is 2.25. The molecule has 2 aromatic rings. The Hall–Kier alpha value is -3.01. The molecule has 0 saturated carbocycles. The Labute approximate surface area is 142 Å². The van der Waals surface area contributed by atoms with Gasteiger partial charge >= 0.3 is 6.09 Å². The summed E-state index contributed by atoms with van der Waals surface area (Å²) in [5.41, 5.74) is 0.470. The molecule has 1 aromatic carbocycles. The second kappa shape index (κ2) is 6.85. The Morgan fingerprint density at radius 2 is 2.32 bits per heavy atom. The summed E-state index contributed by atoms with van der Waals surface area (Å²) in [4.78, 5) is 28.0. The Kier molecular flexibility index (Phi) is 4.61. The van der Waals surface area contributed by atoms with Crippen molar-refractivity contribution in [3.63, 3.8) is 0 Å². The van der Waals surface area contributed by atoms with Crippen molar-refractivity contribution < 1.29 is 23.8 Å². The van der Waals surface area contributed by atoms with Gasteiger partial charge in [-0.1, -0.05) is 0 Å². The molecule has 1 fully saturated rings. The molecule has 3 rings (SSSR count). The van der Waals surface area contributed by atoms with Gasteiger partial charge in [0.2, 0.25) is 5.91 Å². The second-order valence-electron chi connectivity index (χ2n) is 5.45. The fourth-order valence-electron chi connectivity index (χ4n) is 2.43. The quantitative estimate of drug-likeness (QED) is 0.807. The number of nitrogens with zero attached hydrogens (tertiary/aromatic N) is 4. The van der Waals surface area contributed by atoms with Crippen molar-refractivity contribution in [2.75, 3.05) is 18.0 Å². The van der Waals surface area contributed by atoms with E-state index in [9.17, 15) is 14.0 Å². The number of amides is 2. The first-order valence-electron chi connectivity index (χ1n) is 7.52. The zero-order chi connectivity index (χ0) is 18.0. The van der Waals surface area contributed by atoms with Crippen LogP contribution in [-0.2, 0) is 16.1 Å². The number of cyclic esters (lactones) is 1. The third-order valence-electron chi connectivity index (χ3n) is 3.62. The van der Waals surface area contributed by atoms with Crippen LogP contribution in [0.3, 0.4) is 0 Å². The first-order chi connectivity index (χ1) is 12.0. The summed E-state index contributed by atoms with van der Waals surface area (Å²) >= 11 is 0. The number of carbonyl (C=O) groups excluding carboxylic acids is 2. The van der Waals surface area contributed by atoms with Crippen molar-refractivity contribution >= 4 is 17.7 Å². The molecule has 2 heterocycles. The van der Waals surface area contributed by atoms with Crippen molar-refractivity contribution in [2.24, 2.45) is 0 Å². The van der Waals surface area contributed by atoms with E-state index in [4.69, 9.17) is 9.84 Å². The predicted octanol–water partition coefficient (Wildman–Crippen LogP) is 0.360. The van der Waals surface area contributed by atoms with E-state index in [1.165, 1.54) is 35.0 Å². The van der Waals surface area contributed by atoms with Gasteiger partial charge in [-0.3, -0.25) is 9.69 Å². The number of nitrogens with one attached hydrogen (secondary N) is 1. The Bertz CT molecular complexity index is 809. The van der Waals surface area contributed by atoms with E-state index in [0.29, 0.717) is 5.69 Å². The van der Waals surface area contributed by atoms with Crippen LogP contribution >= 0.6 is 0 Å². The lowest BCUT2D eigenvalue weighted by Crippen LogP contribution is -2.33. The van der Waals surface area contributed by atoms with Crippen LogP contribution in [0.15, 0.2) is 24.5 Å². The van der Waals surface area contributed by atoms with Crippen LogP contribution in [-0.4, -0.2) is 51.1 Å². The monoisotopic (exact) mass is 349 g/mol. The van der Waals surface area contributed by atoms with E-state index in [0.717, 1.165) is 0 Å². The predicted molar refractivity (Wildman–Crippen MR) is 83.5 cm³/mol. The maximum Gasteiger partial charge on any atom is 0.414 e. The molecular formula is C15H16FN5O4. The van der Waals surface area contributed by atoms with Gasteiger partial charge in [0, 0.05) is 6.92 Å². The maximum atomic E-state index is 14.4. The van der Waals surface area contributed by atoms with Gasteiger partial charge in [-0.2, -0.15) is 0 Å². The van der Waals surface area contributed by atoms with Gasteiger partial charge in [-0.25, -0.2) is 18.9 Å². The van der Waals surface area contributed by atoms with Gasteiger partial charge in [0.05, 0.1) is 18.8 Å². The fraction of sp³-hybridized carbons (Fsp3) is 0.333. The van der Waals surface area contributed by atoms with Crippen LogP contribution in [0.1, 0.15) is 12.7 Å². The second-order valence-corrected chi connectivity index (χ2v) is 5.45. The van der Waals surface area contributed by atoms with Crippen molar-refractivity contribution in [1.29, 1.82) is 0 Å². The van der Waals surface area contributed by atoms with E-state index < -0.39 is 18.0 Å². The average Bonchev–Trinajstić information content (AvgIpc) is 3.19. The van der Waals surface area contributed by atoms with Crippen LogP contribution in [0, 0.1) is 5.82 Å². The van der Waals surface area contributed by atoms with Gasteiger partial charge in [0.25, 0.3) is 0 Å². The number of carbonyl (C=O) groups is 2. The molecule has 0 bridgehead atoms. The summed E-state index contributed by atoms with van der Waals surface area (Å²) < 4.78 is 20.7. The van der Waals surface area contributed by atoms with E-state index >= 15 is 0 Å². The minimum absolute atomic E-state index is 0.137. The SMILES string of the molecule is CC(=O)NC[C@H]1CN(c2ccc(-n3cnc(CO)n3)c(F)c2)C(=O)O1. The Morgan fingerprint density at radius 3 is 2.96 bits per heavy atom. The third kappa shape index (κ3) is 3.58. The normalized spacial score (nSPS) is 16.8. The number of rotatable bonds is 5. The summed E-state index contributed by atoms with van der Waals surface area (Å²) in [5.74, 6) is -0.655. The van der Waals surface area contributed by atoms with Gasteiger partial charge < -0.3 is 15.2 Å². The molecule has 10 heteroatoms. The van der Waals surface area contributed by atoms with Crippen molar-refractivity contribution in [3.8, 4) is 5.69 Å². The molecule has 1 aliphatic heterocycles. The van der Waals surface area contributed by atoms with Crippen LogP contribution in [0.4, 0.5) is 14.9 Å². The molecule has 2 N–H and O–H groups in total. The lowest BCUT2D eigenvalue weighted by atomic mass is 10.2. The summed E-state index contributed by atoms with van der Waals surface area (Å²) in [6.07, 6.45) is 0.185. The molecule has 132 valence electrons. The molecular weight excluding hydrogens is 333 g/mol. The van der Waals surface area contributed by atoms with Gasteiger partial charge in [0.15, 0.2) is 11.6 Å². The van der Waals surface area contributed by atoms with E-state index in [1.807, 2.05) is 0 Å². The molecule has 1 atom stereocenters. The molecule has 25 heavy (non-hydrogen) atoms. The molecule has 1 aliphatic rings. The van der Waals surface area contributed by atoms with Crippen molar-refractivity contribution in [2.45, 2.75) is 19.6 Å². The molecule has 1 saturated heterocycles. The lowest BCUT2D eigenvalue weighted by Gasteiger charge is -2.14. The number of aliphatic hydroxyl groups is 1. The standard InChI is InChI=1S/C15H16FN5O4/c1-9(23)17-5-11-6-20(15(24)25-11)10-2-3-13(12(16)4-10)21-8-18-14(7-22)19-21/h2-4,8,11,22H,5-7H2,1H3,(H,17,23)/t11-/m0/s1. The number of benzene rings is 1. The zero-order valence-electron chi connectivity index (χ0n) is 13.3. The Balaban J connectivity index is 1.76. The highest BCUT2D eigenvalue weighted by atomic mass is 19.1. The van der Waals surface area contributed by atoms with Gasteiger partial charge in [-0.15, -0.1) is 5.10 Å². The molecule has 9 nitrogen and oxygen atoms in total. The average molecular weight is 349 g/mol. The van der Waals surface area contributed by atoms with Crippen molar-refractivity contribution in [1.82, 2.24) is 20.1 Å². The first kappa shape index (κ1) is 16.8. The van der Waals surface area contributed by atoms with E-state index in [1.54, 1.807) is 6.07 Å². The number of aromatic nitrogens is 3. The molecule has 0 spiro atoms. The summed E-state index contributed by atoms with van der Waals surface area (Å²) in [6.45, 7) is 1.42. The van der Waals surface area contributed by atoms with Gasteiger partial charge in [-0.05, 0) is 18.2 Å². The Morgan fingerprint density at radius 1 is 1.52 bits per heavy atom. The van der Waals surface area contributed by atoms with Crippen LogP contribution in [0.25, 0.3) is 5.69 Å². The highest BCUT2D eigenvalue weighted by Gasteiger charge is 2.32. The maximum absolute atomic E-state index is 14.4. The van der Waals surface area contributed by atoms with Crippen LogP contribution < -0.4 is 10.2 Å². The smallest absolute Gasteiger partial charge is 0.414 e. The van der Waals surface area contributed by atoms with Crippen molar-refractivity contribution in [3.05, 3.63) is 36.2 Å². The lowest BCUT2D eigenvalue weighted by molar-refractivity contribution is -0.119. The van der Waals surface area contributed by atoms with Crippen LogP contribution in [0.5, 0.6) is 0 Å². The number of aliphatic hydroxyl groups excluding tert-OH is 1. The zero-order valence-corrected chi connectivity index (χ0v) is 13.3. The molecule has 2 amide bonds. The van der Waals surface area contributed by atoms with Gasteiger partial charge in [0.1, 0.15) is 24.7 Å². The minimum atomic E-state index is -0.606. The summed E-state index contributed by atoms with van der Waals surface area (Å²) in [5, 5.41) is 15.5. The topological polar surface area (TPSA) is 110 Å². The fourth-order valence-corrected chi connectivity index (χ4v) is 2.43. The first-order valence-corrected chi connectivity index (χ1v) is 7.52. The number of hydrogen-bond donors (Lipinski definition) is 2. The summed E-state index contributed by atoms with van der Waals surface area (Å²) in [7, 11) is 0. The number of hydrogen-bond acceptors (Lipinski definition) is 6. The van der Waals surface area contributed by atoms with E-state index in [2.05, 4.69) is 15.4 Å². The molecule has 0 aliphatic carbocycles. The number of anilines is 1. The number of ether oxygens (including phenoxy) is 1. The molecule has 0 unspecified atom stereocenters. The molecule has 0 radical (unpaired) electrons. The van der Waals surface area contributed by atoms with E-state index in [-0.39, 0.29) is 37.1 Å². The van der Waals surface area contributed by atoms with Crippen LogP contribution in [0.2, 0.25) is 0 Å².